The Balaban J connectivity index is 2.01. The number of anilines is 1. The predicted octanol–water partition coefficient (Wildman–Crippen LogP) is 6.37. The molecule has 1 N–H and O–H groups in total. The fourth-order valence-corrected chi connectivity index (χ4v) is 5.26. The van der Waals surface area contributed by atoms with Crippen LogP contribution in [-0.2, 0) is 14.5 Å². The van der Waals surface area contributed by atoms with Crippen molar-refractivity contribution < 1.29 is 27.3 Å². The van der Waals surface area contributed by atoms with Crippen molar-refractivity contribution in [3.8, 4) is 17.0 Å². The number of aromatic nitrogens is 1. The molecule has 4 rings (SSSR count). The van der Waals surface area contributed by atoms with Crippen LogP contribution in [0.3, 0.4) is 0 Å². The number of benzene rings is 2. The Bertz CT molecular complexity index is 1420. The number of fused-ring (bicyclic) bond motifs is 1. The number of hydrogen-bond donors (Lipinski definition) is 1. The monoisotopic (exact) mass is 519 g/mol. The fraction of sp³-hybridized carbons (Fsp3) is 0.423. The molecule has 0 aliphatic carbocycles. The average Bonchev–Trinajstić information content (AvgIpc) is 3.36. The lowest BCUT2D eigenvalue weighted by atomic mass is 10.1. The number of rotatable bonds is 5. The lowest BCUT2D eigenvalue weighted by Crippen LogP contribution is -2.28. The first-order valence-electron chi connectivity index (χ1n) is 11.7. The highest BCUT2D eigenvalue weighted by Crippen LogP contribution is 2.41. The molecule has 2 aromatic carbocycles. The van der Waals surface area contributed by atoms with Crippen LogP contribution in [0.5, 0.6) is 5.75 Å². The predicted molar refractivity (Wildman–Crippen MR) is 137 cm³/mol. The topological polar surface area (TPSA) is 84.6 Å². The van der Waals surface area contributed by atoms with E-state index in [4.69, 9.17) is 14.3 Å². The summed E-state index contributed by atoms with van der Waals surface area (Å²) in [7, 11) is -1.57. The van der Waals surface area contributed by atoms with Gasteiger partial charge in [0, 0.05) is 40.3 Å². The minimum Gasteiger partial charge on any atom is -0.497 e. The molecule has 1 aliphatic rings. The normalized spacial score (nSPS) is 17.2. The van der Waals surface area contributed by atoms with Crippen LogP contribution in [0.2, 0.25) is 0 Å². The number of alkyl halides is 2. The Morgan fingerprint density at radius 3 is 2.47 bits per heavy atom. The van der Waals surface area contributed by atoms with Crippen LogP contribution in [-0.4, -0.2) is 52.3 Å². The van der Waals surface area contributed by atoms with E-state index in [1.165, 1.54) is 11.7 Å². The van der Waals surface area contributed by atoms with Crippen molar-refractivity contribution in [3.05, 3.63) is 42.5 Å². The maximum atomic E-state index is 14.2. The SMILES string of the molecule is CCS(=N)(=O)c1ccc(N2CCC(F)(F)C2)c(-c2cc3cc(OC)ccc3n2C(=O)OC(C)(C)C)c1. The number of hydrogen-bond acceptors (Lipinski definition) is 6. The molecular formula is C26H31F2N3O4S. The molecule has 0 bridgehead atoms. The summed E-state index contributed by atoms with van der Waals surface area (Å²) in [5.74, 6) is -2.16. The van der Waals surface area contributed by atoms with Crippen molar-refractivity contribution in [1.82, 2.24) is 4.57 Å². The Morgan fingerprint density at radius 2 is 1.89 bits per heavy atom. The third kappa shape index (κ3) is 5.04. The summed E-state index contributed by atoms with van der Waals surface area (Å²) in [5, 5.41) is 0.681. The minimum atomic E-state index is -3.11. The Kier molecular flexibility index (Phi) is 6.53. The standard InChI is InChI=1S/C26H31F2N3O4S/c1-6-36(29,33)19-8-10-22(30-12-11-26(27,28)16-30)20(15-19)23-14-17-13-18(34-5)7-9-21(17)31(23)24(32)35-25(2,3)4/h7-10,13-15,29H,6,11-12,16H2,1-5H3. The summed E-state index contributed by atoms with van der Waals surface area (Å²) >= 11 is 0. The smallest absolute Gasteiger partial charge is 0.419 e. The quantitative estimate of drug-likeness (QED) is 0.423. The zero-order chi connectivity index (χ0) is 26.5. The van der Waals surface area contributed by atoms with E-state index in [1.54, 1.807) is 75.1 Å². The van der Waals surface area contributed by atoms with Gasteiger partial charge in [0.15, 0.2) is 0 Å². The van der Waals surface area contributed by atoms with Crippen LogP contribution >= 0.6 is 0 Å². The summed E-state index contributed by atoms with van der Waals surface area (Å²) < 4.78 is 62.0. The number of halogens is 2. The van der Waals surface area contributed by atoms with Crippen LogP contribution in [0, 0.1) is 4.78 Å². The third-order valence-corrected chi connectivity index (χ3v) is 7.95. The third-order valence-electron chi connectivity index (χ3n) is 6.13. The summed E-state index contributed by atoms with van der Waals surface area (Å²) in [4.78, 5) is 15.3. The first-order chi connectivity index (χ1) is 16.7. The molecule has 0 saturated carbocycles. The number of nitrogens with one attached hydrogen (secondary N) is 1. The second-order valence-corrected chi connectivity index (χ2v) is 12.3. The molecule has 1 unspecified atom stereocenters. The van der Waals surface area contributed by atoms with Crippen molar-refractivity contribution >= 4 is 32.4 Å². The molecule has 36 heavy (non-hydrogen) atoms. The molecule has 1 aromatic heterocycles. The Labute approximate surface area is 210 Å². The zero-order valence-electron chi connectivity index (χ0n) is 21.1. The van der Waals surface area contributed by atoms with Gasteiger partial charge in [0.2, 0.25) is 0 Å². The molecule has 0 radical (unpaired) electrons. The number of carbonyl (C=O) groups is 1. The molecule has 0 amide bonds. The summed E-state index contributed by atoms with van der Waals surface area (Å²) in [6.07, 6.45) is -0.923. The molecular weight excluding hydrogens is 488 g/mol. The van der Waals surface area contributed by atoms with Gasteiger partial charge in [-0.1, -0.05) is 6.92 Å². The van der Waals surface area contributed by atoms with Gasteiger partial charge in [0.25, 0.3) is 5.92 Å². The molecule has 1 saturated heterocycles. The molecule has 194 valence electrons. The zero-order valence-corrected chi connectivity index (χ0v) is 21.9. The van der Waals surface area contributed by atoms with E-state index >= 15 is 0 Å². The van der Waals surface area contributed by atoms with Gasteiger partial charge in [-0.15, -0.1) is 0 Å². The van der Waals surface area contributed by atoms with Gasteiger partial charge in [-0.3, -0.25) is 0 Å². The number of methoxy groups -OCH3 is 1. The van der Waals surface area contributed by atoms with Crippen molar-refractivity contribution in [2.45, 2.75) is 50.5 Å². The Hall–Kier alpha value is -3.14. The highest BCUT2D eigenvalue weighted by atomic mass is 32.2. The van der Waals surface area contributed by atoms with Gasteiger partial charge in [0.1, 0.15) is 11.4 Å². The molecule has 10 heteroatoms. The van der Waals surface area contributed by atoms with E-state index in [2.05, 4.69) is 0 Å². The molecule has 0 spiro atoms. The van der Waals surface area contributed by atoms with Gasteiger partial charge in [-0.25, -0.2) is 27.1 Å². The van der Waals surface area contributed by atoms with E-state index in [0.717, 1.165) is 0 Å². The molecule has 2 heterocycles. The maximum absolute atomic E-state index is 14.2. The number of carbonyl (C=O) groups excluding carboxylic acids is 1. The van der Waals surface area contributed by atoms with E-state index in [-0.39, 0.29) is 23.6 Å². The number of ether oxygens (including phenoxy) is 2. The minimum absolute atomic E-state index is 0.0970. The first-order valence-corrected chi connectivity index (χ1v) is 13.4. The highest BCUT2D eigenvalue weighted by Gasteiger charge is 2.39. The van der Waals surface area contributed by atoms with E-state index in [0.29, 0.717) is 33.6 Å². The number of nitrogens with zero attached hydrogens (tertiary/aromatic N) is 2. The largest absolute Gasteiger partial charge is 0.497 e. The summed E-state index contributed by atoms with van der Waals surface area (Å²) in [5.41, 5.74) is 1.06. The van der Waals surface area contributed by atoms with Gasteiger partial charge in [-0.2, -0.15) is 0 Å². The van der Waals surface area contributed by atoms with Crippen molar-refractivity contribution in [3.63, 3.8) is 0 Å². The summed E-state index contributed by atoms with van der Waals surface area (Å²) in [6, 6.07) is 11.7. The van der Waals surface area contributed by atoms with Crippen LogP contribution in [0.15, 0.2) is 47.4 Å². The lowest BCUT2D eigenvalue weighted by Gasteiger charge is -2.24. The second kappa shape index (κ2) is 9.06. The highest BCUT2D eigenvalue weighted by molar-refractivity contribution is 7.92. The first kappa shape index (κ1) is 25.9. The van der Waals surface area contributed by atoms with E-state index < -0.39 is 33.9 Å². The van der Waals surface area contributed by atoms with Crippen molar-refractivity contribution in [1.29, 1.82) is 4.78 Å². The molecule has 1 fully saturated rings. The fourth-order valence-electron chi connectivity index (χ4n) is 4.33. The maximum Gasteiger partial charge on any atom is 0.419 e. The second-order valence-electron chi connectivity index (χ2n) is 9.94. The van der Waals surface area contributed by atoms with Crippen LogP contribution in [0.25, 0.3) is 22.2 Å². The summed E-state index contributed by atoms with van der Waals surface area (Å²) in [6.45, 7) is 6.60. The molecule has 1 aliphatic heterocycles. The lowest BCUT2D eigenvalue weighted by molar-refractivity contribution is 0.0257. The van der Waals surface area contributed by atoms with Gasteiger partial charge in [-0.05, 0) is 63.2 Å². The molecule has 3 aromatic rings. The van der Waals surface area contributed by atoms with E-state index in [1.807, 2.05) is 0 Å². The van der Waals surface area contributed by atoms with Crippen molar-refractivity contribution in [2.75, 3.05) is 30.9 Å². The molecule has 7 nitrogen and oxygen atoms in total. The Morgan fingerprint density at radius 1 is 1.17 bits per heavy atom. The van der Waals surface area contributed by atoms with Crippen LogP contribution in [0.1, 0.15) is 34.1 Å². The van der Waals surface area contributed by atoms with E-state index in [9.17, 15) is 17.8 Å². The van der Waals surface area contributed by atoms with Gasteiger partial charge < -0.3 is 14.4 Å². The van der Waals surface area contributed by atoms with Crippen LogP contribution < -0.4 is 9.64 Å². The van der Waals surface area contributed by atoms with Crippen LogP contribution in [0.4, 0.5) is 19.3 Å². The molecule has 1 atom stereocenters. The average molecular weight is 520 g/mol. The van der Waals surface area contributed by atoms with Gasteiger partial charge in [0.05, 0.1) is 34.6 Å². The van der Waals surface area contributed by atoms with Crippen molar-refractivity contribution in [2.24, 2.45) is 0 Å². The van der Waals surface area contributed by atoms with Gasteiger partial charge >= 0.3 is 6.09 Å².